The van der Waals surface area contributed by atoms with Crippen LogP contribution in [-0.4, -0.2) is 44.8 Å². The zero-order chi connectivity index (χ0) is 26.4. The highest BCUT2D eigenvalue weighted by Gasteiger charge is 2.45. The molecule has 4 rings (SSSR count). The lowest BCUT2D eigenvalue weighted by Gasteiger charge is -2.29. The number of anilines is 1. The smallest absolute Gasteiger partial charge is 0.396 e. The summed E-state index contributed by atoms with van der Waals surface area (Å²) in [5.41, 5.74) is 0.174. The topological polar surface area (TPSA) is 85.8 Å². The Kier molecular flexibility index (Phi) is 7.33. The standard InChI is InChI=1S/C22H16Cl3F3N2O5S/c1-34-10-30(36(32,33)12-5-6-15(24)14(8-12)22(26,27)28)17-7-11(23)9-29-19(17)20-18-13(21(31)35-20)3-2-4-16(18)25/h2-9,14-15,20H,10H2,1H3. The van der Waals surface area contributed by atoms with Gasteiger partial charge in [0.2, 0.25) is 0 Å². The van der Waals surface area contributed by atoms with Crippen molar-refractivity contribution < 1.29 is 35.9 Å². The number of pyridine rings is 1. The van der Waals surface area contributed by atoms with Crippen molar-refractivity contribution in [1.82, 2.24) is 4.98 Å². The number of nitrogens with zero attached hydrogens (tertiary/aromatic N) is 2. The number of alkyl halides is 4. The number of aromatic nitrogens is 1. The molecule has 2 aromatic rings. The molecule has 7 nitrogen and oxygen atoms in total. The molecule has 36 heavy (non-hydrogen) atoms. The van der Waals surface area contributed by atoms with Gasteiger partial charge in [0.25, 0.3) is 10.0 Å². The minimum Gasteiger partial charge on any atom is -0.447 e. The first-order valence-electron chi connectivity index (χ1n) is 10.1. The van der Waals surface area contributed by atoms with E-state index < -0.39 is 51.2 Å². The van der Waals surface area contributed by atoms with E-state index in [0.717, 1.165) is 12.2 Å². The van der Waals surface area contributed by atoms with Crippen LogP contribution < -0.4 is 4.31 Å². The SMILES string of the molecule is COCN(c1cc(Cl)cnc1C1OC(=O)c2cccc(Cl)c21)S(=O)(=O)C1=CC(C(F)(F)F)C(Cl)C=C1. The van der Waals surface area contributed by atoms with Crippen molar-refractivity contribution in [2.75, 3.05) is 18.1 Å². The van der Waals surface area contributed by atoms with E-state index in [2.05, 4.69) is 4.98 Å². The van der Waals surface area contributed by atoms with Gasteiger partial charge in [-0.25, -0.2) is 17.5 Å². The molecule has 0 radical (unpaired) electrons. The first-order valence-corrected chi connectivity index (χ1v) is 12.8. The summed E-state index contributed by atoms with van der Waals surface area (Å²) in [5.74, 6) is -2.95. The summed E-state index contributed by atoms with van der Waals surface area (Å²) in [6, 6.07) is 5.78. The minimum atomic E-state index is -4.79. The number of hydrogen-bond acceptors (Lipinski definition) is 6. The number of ether oxygens (including phenoxy) is 2. The lowest BCUT2D eigenvalue weighted by Crippen LogP contribution is -2.37. The number of esters is 1. The van der Waals surface area contributed by atoms with Crippen LogP contribution in [-0.2, 0) is 19.5 Å². The lowest BCUT2D eigenvalue weighted by atomic mass is 10.00. The number of hydrogen-bond donors (Lipinski definition) is 0. The predicted molar refractivity (Wildman–Crippen MR) is 128 cm³/mol. The van der Waals surface area contributed by atoms with Crippen molar-refractivity contribution in [2.45, 2.75) is 17.7 Å². The molecule has 0 saturated carbocycles. The number of carbonyl (C=O) groups is 1. The molecule has 192 valence electrons. The Morgan fingerprint density at radius 1 is 1.25 bits per heavy atom. The van der Waals surface area contributed by atoms with Gasteiger partial charge < -0.3 is 9.47 Å². The molecule has 3 unspecified atom stereocenters. The molecular formula is C22H16Cl3F3N2O5S. The number of cyclic esters (lactones) is 1. The molecule has 3 atom stereocenters. The van der Waals surface area contributed by atoms with Gasteiger partial charge in [-0.2, -0.15) is 13.2 Å². The Balaban J connectivity index is 1.87. The number of allylic oxidation sites excluding steroid dienone is 3. The molecule has 1 aromatic carbocycles. The van der Waals surface area contributed by atoms with Crippen LogP contribution in [0.25, 0.3) is 0 Å². The van der Waals surface area contributed by atoms with Gasteiger partial charge in [-0.1, -0.05) is 41.4 Å². The van der Waals surface area contributed by atoms with Gasteiger partial charge >= 0.3 is 12.1 Å². The zero-order valence-electron chi connectivity index (χ0n) is 18.2. The molecule has 0 spiro atoms. The van der Waals surface area contributed by atoms with Crippen molar-refractivity contribution in [2.24, 2.45) is 5.92 Å². The van der Waals surface area contributed by atoms with E-state index in [-0.39, 0.29) is 32.6 Å². The minimum absolute atomic E-state index is 0.0101. The summed E-state index contributed by atoms with van der Waals surface area (Å²) in [6.07, 6.45) is -2.33. The van der Waals surface area contributed by atoms with Gasteiger partial charge in [0.15, 0.2) is 6.10 Å². The fourth-order valence-corrected chi connectivity index (χ4v) is 6.02. The highest BCUT2D eigenvalue weighted by molar-refractivity contribution is 7.96. The second-order valence-electron chi connectivity index (χ2n) is 7.76. The lowest BCUT2D eigenvalue weighted by molar-refractivity contribution is -0.159. The Hall–Kier alpha value is -2.31. The first kappa shape index (κ1) is 26.7. The Morgan fingerprint density at radius 2 is 1.97 bits per heavy atom. The van der Waals surface area contributed by atoms with Crippen LogP contribution in [0.15, 0.2) is 53.6 Å². The Morgan fingerprint density at radius 3 is 2.64 bits per heavy atom. The third-order valence-electron chi connectivity index (χ3n) is 5.48. The average Bonchev–Trinajstić information content (AvgIpc) is 3.14. The second kappa shape index (κ2) is 9.86. The van der Waals surface area contributed by atoms with Gasteiger partial charge in [-0.3, -0.25) is 4.98 Å². The highest BCUT2D eigenvalue weighted by atomic mass is 35.5. The highest BCUT2D eigenvalue weighted by Crippen LogP contribution is 2.44. The zero-order valence-corrected chi connectivity index (χ0v) is 21.3. The van der Waals surface area contributed by atoms with E-state index in [1.807, 2.05) is 0 Å². The largest absolute Gasteiger partial charge is 0.447 e. The number of carbonyl (C=O) groups excluding carboxylic acids is 1. The van der Waals surface area contributed by atoms with Gasteiger partial charge in [0, 0.05) is 23.9 Å². The Labute approximate surface area is 219 Å². The summed E-state index contributed by atoms with van der Waals surface area (Å²) < 4.78 is 78.9. The molecular weight excluding hydrogens is 568 g/mol. The van der Waals surface area contributed by atoms with E-state index in [9.17, 15) is 26.4 Å². The maximum Gasteiger partial charge on any atom is 0.396 e. The molecule has 0 N–H and O–H groups in total. The van der Waals surface area contributed by atoms with Crippen LogP contribution in [0.2, 0.25) is 10.0 Å². The van der Waals surface area contributed by atoms with Crippen molar-refractivity contribution in [1.29, 1.82) is 0 Å². The molecule has 0 saturated heterocycles. The van der Waals surface area contributed by atoms with Crippen LogP contribution in [0.4, 0.5) is 18.9 Å². The normalized spacial score (nSPS) is 21.7. The quantitative estimate of drug-likeness (QED) is 0.249. The average molecular weight is 584 g/mol. The molecule has 2 heterocycles. The number of halogens is 6. The number of benzene rings is 1. The fraction of sp³-hybridized carbons (Fsp3) is 0.273. The molecule has 0 amide bonds. The maximum atomic E-state index is 13.6. The molecule has 0 bridgehead atoms. The van der Waals surface area contributed by atoms with E-state index in [1.165, 1.54) is 31.5 Å². The third kappa shape index (κ3) is 4.82. The van der Waals surface area contributed by atoms with Crippen LogP contribution in [0.1, 0.15) is 27.7 Å². The third-order valence-corrected chi connectivity index (χ3v) is 8.19. The Bertz CT molecular complexity index is 1380. The predicted octanol–water partition coefficient (Wildman–Crippen LogP) is 5.63. The monoisotopic (exact) mass is 582 g/mol. The fourth-order valence-electron chi connectivity index (χ4n) is 3.84. The first-order chi connectivity index (χ1) is 16.9. The second-order valence-corrected chi connectivity index (χ2v) is 11.0. The van der Waals surface area contributed by atoms with Crippen molar-refractivity contribution >= 4 is 56.5 Å². The molecule has 1 aromatic heterocycles. The van der Waals surface area contributed by atoms with E-state index in [4.69, 9.17) is 44.3 Å². The molecule has 2 aliphatic rings. The van der Waals surface area contributed by atoms with Crippen molar-refractivity contribution in [3.05, 3.63) is 80.5 Å². The summed E-state index contributed by atoms with van der Waals surface area (Å²) in [6.45, 7) is -0.625. The number of fused-ring (bicyclic) bond motifs is 1. The van der Waals surface area contributed by atoms with Gasteiger partial charge in [0.05, 0.1) is 32.5 Å². The van der Waals surface area contributed by atoms with Crippen molar-refractivity contribution in [3.8, 4) is 0 Å². The van der Waals surface area contributed by atoms with Crippen LogP contribution in [0.3, 0.4) is 0 Å². The number of rotatable bonds is 6. The van der Waals surface area contributed by atoms with Crippen LogP contribution in [0, 0.1) is 5.92 Å². The van der Waals surface area contributed by atoms with E-state index >= 15 is 0 Å². The van der Waals surface area contributed by atoms with E-state index in [1.54, 1.807) is 6.07 Å². The summed E-state index contributed by atoms with van der Waals surface area (Å²) in [7, 11) is -3.48. The van der Waals surface area contributed by atoms with Gasteiger partial charge in [-0.05, 0) is 24.3 Å². The molecule has 1 aliphatic heterocycles. The molecule has 14 heteroatoms. The molecule has 1 aliphatic carbocycles. The van der Waals surface area contributed by atoms with E-state index in [0.29, 0.717) is 10.4 Å². The summed E-state index contributed by atoms with van der Waals surface area (Å²) in [4.78, 5) is 16.0. The summed E-state index contributed by atoms with van der Waals surface area (Å²) in [5, 5.41) is -1.30. The summed E-state index contributed by atoms with van der Waals surface area (Å²) >= 11 is 18.2. The van der Waals surface area contributed by atoms with Crippen LogP contribution >= 0.6 is 34.8 Å². The molecule has 0 fully saturated rings. The number of sulfonamides is 1. The van der Waals surface area contributed by atoms with Gasteiger partial charge in [0.1, 0.15) is 12.4 Å². The number of methoxy groups -OCH3 is 1. The van der Waals surface area contributed by atoms with Crippen LogP contribution in [0.5, 0.6) is 0 Å². The van der Waals surface area contributed by atoms with Gasteiger partial charge in [-0.15, -0.1) is 11.6 Å². The maximum absolute atomic E-state index is 13.6. The van der Waals surface area contributed by atoms with Crippen molar-refractivity contribution in [3.63, 3.8) is 0 Å².